The highest BCUT2D eigenvalue weighted by molar-refractivity contribution is 5.80. The second-order valence-electron chi connectivity index (χ2n) is 9.62. The van der Waals surface area contributed by atoms with Gasteiger partial charge in [0.15, 0.2) is 17.5 Å². The number of anilines is 1. The molecule has 3 N–H and O–H groups in total. The molecule has 196 valence electrons. The van der Waals surface area contributed by atoms with E-state index in [4.69, 9.17) is 0 Å². The van der Waals surface area contributed by atoms with Gasteiger partial charge in [0.2, 0.25) is 5.91 Å². The molecular formula is C29H24F2N6O2. The smallest absolute Gasteiger partial charge is 0.294 e. The van der Waals surface area contributed by atoms with Crippen LogP contribution in [0.2, 0.25) is 0 Å². The van der Waals surface area contributed by atoms with Crippen LogP contribution in [0.15, 0.2) is 84.0 Å². The van der Waals surface area contributed by atoms with E-state index in [2.05, 4.69) is 25.6 Å². The van der Waals surface area contributed by atoms with Gasteiger partial charge in [-0.25, -0.2) is 13.8 Å². The molecule has 1 amide bonds. The Morgan fingerprint density at radius 1 is 1.03 bits per heavy atom. The van der Waals surface area contributed by atoms with Crippen LogP contribution >= 0.6 is 0 Å². The van der Waals surface area contributed by atoms with E-state index >= 15 is 0 Å². The van der Waals surface area contributed by atoms with Crippen molar-refractivity contribution in [3.05, 3.63) is 112 Å². The average molecular weight is 527 g/mol. The van der Waals surface area contributed by atoms with Crippen LogP contribution in [0, 0.1) is 11.6 Å². The van der Waals surface area contributed by atoms with E-state index in [1.54, 1.807) is 18.6 Å². The first-order chi connectivity index (χ1) is 18.9. The summed E-state index contributed by atoms with van der Waals surface area (Å²) in [5, 5.41) is 6.95. The molecule has 8 nitrogen and oxygen atoms in total. The molecule has 3 heterocycles. The molecule has 3 aromatic heterocycles. The lowest BCUT2D eigenvalue weighted by atomic mass is 10.0. The third kappa shape index (κ3) is 4.88. The number of H-pyrrole nitrogens is 1. The van der Waals surface area contributed by atoms with Crippen molar-refractivity contribution in [2.45, 2.75) is 31.5 Å². The van der Waals surface area contributed by atoms with E-state index in [1.165, 1.54) is 10.6 Å². The fraction of sp³-hybridized carbons (Fsp3) is 0.172. The van der Waals surface area contributed by atoms with Gasteiger partial charge < -0.3 is 15.6 Å². The number of carbonyl (C=O) groups excluding carboxylic acids is 1. The third-order valence-corrected chi connectivity index (χ3v) is 6.96. The lowest BCUT2D eigenvalue weighted by Gasteiger charge is -2.20. The van der Waals surface area contributed by atoms with E-state index in [0.717, 1.165) is 34.3 Å². The summed E-state index contributed by atoms with van der Waals surface area (Å²) >= 11 is 0. The van der Waals surface area contributed by atoms with Crippen molar-refractivity contribution in [2.75, 3.05) is 5.32 Å². The van der Waals surface area contributed by atoms with Crippen LogP contribution in [0.5, 0.6) is 0 Å². The van der Waals surface area contributed by atoms with Crippen LogP contribution in [0.25, 0.3) is 22.2 Å². The molecule has 0 spiro atoms. The summed E-state index contributed by atoms with van der Waals surface area (Å²) in [6.45, 7) is 0.0125. The molecule has 5 aromatic rings. The van der Waals surface area contributed by atoms with Gasteiger partial charge in [0, 0.05) is 29.0 Å². The van der Waals surface area contributed by atoms with Crippen molar-refractivity contribution in [1.82, 2.24) is 24.8 Å². The van der Waals surface area contributed by atoms with Gasteiger partial charge in [-0.15, -0.1) is 0 Å². The van der Waals surface area contributed by atoms with E-state index < -0.39 is 22.7 Å². The first-order valence-electron chi connectivity index (χ1n) is 12.5. The van der Waals surface area contributed by atoms with Gasteiger partial charge in [-0.2, -0.15) is 0 Å². The first kappa shape index (κ1) is 24.5. The Labute approximate surface area is 221 Å². The molecule has 10 heteroatoms. The molecule has 0 aliphatic heterocycles. The number of amides is 1. The summed E-state index contributed by atoms with van der Waals surface area (Å²) in [6.07, 6.45) is 6.21. The summed E-state index contributed by atoms with van der Waals surface area (Å²) in [5.41, 5.74) is 2.25. The Morgan fingerprint density at radius 3 is 2.59 bits per heavy atom. The van der Waals surface area contributed by atoms with Gasteiger partial charge in [-0.05, 0) is 48.2 Å². The van der Waals surface area contributed by atoms with Gasteiger partial charge in [0.1, 0.15) is 6.54 Å². The number of pyridine rings is 1. The van der Waals surface area contributed by atoms with Crippen LogP contribution in [-0.2, 0) is 23.4 Å². The number of carbonyl (C=O) groups is 1. The Kier molecular flexibility index (Phi) is 6.14. The average Bonchev–Trinajstić information content (AvgIpc) is 3.61. The molecular weight excluding hydrogens is 502 g/mol. The quantitative estimate of drug-likeness (QED) is 0.277. The zero-order valence-corrected chi connectivity index (χ0v) is 20.7. The molecule has 0 atom stereocenters. The van der Waals surface area contributed by atoms with Gasteiger partial charge in [0.25, 0.3) is 5.56 Å². The van der Waals surface area contributed by atoms with Crippen molar-refractivity contribution < 1.29 is 13.6 Å². The fourth-order valence-corrected chi connectivity index (χ4v) is 4.72. The van der Waals surface area contributed by atoms with Crippen molar-refractivity contribution in [3.63, 3.8) is 0 Å². The zero-order chi connectivity index (χ0) is 27.0. The lowest BCUT2D eigenvalue weighted by Crippen LogP contribution is -2.35. The number of hydrogen-bond acceptors (Lipinski definition) is 5. The number of halogens is 2. The van der Waals surface area contributed by atoms with Crippen LogP contribution in [0.1, 0.15) is 24.1 Å². The third-order valence-electron chi connectivity index (χ3n) is 6.96. The lowest BCUT2D eigenvalue weighted by molar-refractivity contribution is -0.121. The second-order valence-corrected chi connectivity index (χ2v) is 9.62. The molecule has 1 fully saturated rings. The van der Waals surface area contributed by atoms with Crippen LogP contribution in [-0.4, -0.2) is 25.4 Å². The Bertz CT molecular complexity index is 1710. The minimum absolute atomic E-state index is 0.0350. The van der Waals surface area contributed by atoms with Gasteiger partial charge >= 0.3 is 0 Å². The van der Waals surface area contributed by atoms with E-state index in [-0.39, 0.29) is 24.8 Å². The number of fused-ring (bicyclic) bond motifs is 1. The first-order valence-corrected chi connectivity index (χ1v) is 12.5. The molecule has 39 heavy (non-hydrogen) atoms. The molecule has 0 unspecified atom stereocenters. The SMILES string of the molecule is O=C(Cn1c(-c2ccccc2)cnc(NC2(c3ccc(F)c(F)c3)CC2)c1=O)NCc1cc2cnccc2[nH]1. The maximum atomic E-state index is 13.9. The summed E-state index contributed by atoms with van der Waals surface area (Å²) in [6, 6.07) is 16.7. The van der Waals surface area contributed by atoms with Gasteiger partial charge in [-0.1, -0.05) is 36.4 Å². The summed E-state index contributed by atoms with van der Waals surface area (Å²) in [4.78, 5) is 38.4. The fourth-order valence-electron chi connectivity index (χ4n) is 4.72. The highest BCUT2D eigenvalue weighted by Crippen LogP contribution is 2.48. The molecule has 1 aliphatic carbocycles. The van der Waals surface area contributed by atoms with Gasteiger partial charge in [0.05, 0.1) is 24.0 Å². The van der Waals surface area contributed by atoms with Crippen molar-refractivity contribution in [3.8, 4) is 11.3 Å². The standard InChI is InChI=1S/C29H24F2N6O2/c30-22-7-6-20(13-23(22)31)29(9-10-29)36-27-28(39)37(25(16-34-27)18-4-2-1-3-5-18)17-26(38)33-15-21-12-19-14-32-11-8-24(19)35-21/h1-8,11-14,16,35H,9-10,15,17H2,(H,33,38)(H,34,36). The molecule has 2 aromatic carbocycles. The highest BCUT2D eigenvalue weighted by Gasteiger charge is 2.45. The van der Waals surface area contributed by atoms with Crippen molar-refractivity contribution in [1.29, 1.82) is 0 Å². The molecule has 1 aliphatic rings. The Morgan fingerprint density at radius 2 is 1.85 bits per heavy atom. The highest BCUT2D eigenvalue weighted by atomic mass is 19.2. The largest absolute Gasteiger partial charge is 0.357 e. The maximum absolute atomic E-state index is 13.9. The maximum Gasteiger partial charge on any atom is 0.294 e. The number of nitrogens with zero attached hydrogens (tertiary/aromatic N) is 3. The van der Waals surface area contributed by atoms with Crippen LogP contribution in [0.4, 0.5) is 14.6 Å². The van der Waals surface area contributed by atoms with E-state index in [0.29, 0.717) is 24.1 Å². The number of nitrogens with one attached hydrogen (secondary N) is 3. The minimum atomic E-state index is -0.951. The summed E-state index contributed by atoms with van der Waals surface area (Å²) < 4.78 is 28.8. The zero-order valence-electron chi connectivity index (χ0n) is 20.7. The Hall–Kier alpha value is -4.86. The van der Waals surface area contributed by atoms with E-state index in [1.807, 2.05) is 42.5 Å². The Balaban J connectivity index is 1.28. The van der Waals surface area contributed by atoms with Crippen molar-refractivity contribution >= 4 is 22.6 Å². The minimum Gasteiger partial charge on any atom is -0.357 e. The van der Waals surface area contributed by atoms with E-state index in [9.17, 15) is 18.4 Å². The molecule has 1 saturated carbocycles. The van der Waals surface area contributed by atoms with Crippen molar-refractivity contribution in [2.24, 2.45) is 0 Å². The summed E-state index contributed by atoms with van der Waals surface area (Å²) in [7, 11) is 0. The normalized spacial score (nSPS) is 13.8. The predicted octanol–water partition coefficient (Wildman–Crippen LogP) is 4.48. The number of rotatable bonds is 8. The number of hydrogen-bond donors (Lipinski definition) is 3. The predicted molar refractivity (Wildman–Crippen MR) is 143 cm³/mol. The van der Waals surface area contributed by atoms with Crippen LogP contribution in [0.3, 0.4) is 0 Å². The number of benzene rings is 2. The van der Waals surface area contributed by atoms with Crippen LogP contribution < -0.4 is 16.2 Å². The number of aromatic amines is 1. The van der Waals surface area contributed by atoms with Gasteiger partial charge in [-0.3, -0.25) is 19.1 Å². The molecule has 0 bridgehead atoms. The topological polar surface area (TPSA) is 105 Å². The molecule has 0 radical (unpaired) electrons. The monoisotopic (exact) mass is 526 g/mol. The summed E-state index contributed by atoms with van der Waals surface area (Å²) in [5.74, 6) is -2.21. The second kappa shape index (κ2) is 9.79. The molecule has 6 rings (SSSR count). The molecule has 0 saturated heterocycles. The number of aromatic nitrogens is 4.